The fourth-order valence-corrected chi connectivity index (χ4v) is 6.66. The number of amides is 1. The van der Waals surface area contributed by atoms with E-state index in [-0.39, 0.29) is 11.4 Å². The highest BCUT2D eigenvalue weighted by Gasteiger charge is 2.47. The number of hydrogen-bond donors (Lipinski definition) is 2. The van der Waals surface area contributed by atoms with Crippen LogP contribution >= 0.6 is 0 Å². The molecule has 8 nitrogen and oxygen atoms in total. The van der Waals surface area contributed by atoms with E-state index in [0.29, 0.717) is 25.3 Å². The summed E-state index contributed by atoms with van der Waals surface area (Å²) in [5.74, 6) is -0.195. The highest BCUT2D eigenvalue weighted by Crippen LogP contribution is 2.38. The molecule has 0 bridgehead atoms. The third-order valence-corrected chi connectivity index (χ3v) is 9.55. The third-order valence-electron chi connectivity index (χ3n) is 9.55. The Balaban J connectivity index is 1.07. The van der Waals surface area contributed by atoms with Gasteiger partial charge >= 0.3 is 0 Å². The number of piperazine rings is 1. The summed E-state index contributed by atoms with van der Waals surface area (Å²) in [4.78, 5) is 18.0. The van der Waals surface area contributed by atoms with Crippen LogP contribution in [0.2, 0.25) is 0 Å². The second kappa shape index (κ2) is 11.6. The van der Waals surface area contributed by atoms with E-state index >= 15 is 0 Å². The first kappa shape index (κ1) is 27.4. The zero-order chi connectivity index (χ0) is 27.6. The SMILES string of the molecule is N#C[C@@H](Cc1ccc(-c2ccc(C3(N4CCN(C5COC5)CC4)COC3)cc2)cc1)NC(=O)C1(N)CCCCC1. The Bertz CT molecular complexity index is 1200. The molecule has 1 aliphatic carbocycles. The lowest BCUT2D eigenvalue weighted by Gasteiger charge is -2.53. The monoisotopic (exact) mass is 543 g/mol. The number of nitrogens with two attached hydrogens (primary N) is 1. The number of nitrogens with zero attached hydrogens (tertiary/aromatic N) is 3. The van der Waals surface area contributed by atoms with Crippen molar-refractivity contribution in [1.29, 1.82) is 5.26 Å². The fourth-order valence-electron chi connectivity index (χ4n) is 6.66. The van der Waals surface area contributed by atoms with Crippen LogP contribution in [0.3, 0.4) is 0 Å². The van der Waals surface area contributed by atoms with Crippen molar-refractivity contribution in [3.05, 3.63) is 59.7 Å². The molecule has 2 aromatic rings. The van der Waals surface area contributed by atoms with Crippen molar-refractivity contribution in [3.63, 3.8) is 0 Å². The van der Waals surface area contributed by atoms with E-state index in [1.807, 2.05) is 12.1 Å². The number of benzene rings is 2. The van der Waals surface area contributed by atoms with Gasteiger partial charge in [-0.3, -0.25) is 14.6 Å². The van der Waals surface area contributed by atoms with Crippen molar-refractivity contribution in [3.8, 4) is 17.2 Å². The van der Waals surface area contributed by atoms with Gasteiger partial charge in [-0.15, -0.1) is 0 Å². The van der Waals surface area contributed by atoms with Gasteiger partial charge in [-0.25, -0.2) is 0 Å². The van der Waals surface area contributed by atoms with Crippen LogP contribution in [-0.2, 0) is 26.2 Å². The summed E-state index contributed by atoms with van der Waals surface area (Å²) < 4.78 is 11.1. The Morgan fingerprint density at radius 3 is 2.10 bits per heavy atom. The summed E-state index contributed by atoms with van der Waals surface area (Å²) in [6, 6.07) is 19.5. The zero-order valence-corrected chi connectivity index (χ0v) is 23.3. The first-order valence-electron chi connectivity index (χ1n) is 14.8. The molecule has 0 spiro atoms. The highest BCUT2D eigenvalue weighted by atomic mass is 16.5. The van der Waals surface area contributed by atoms with E-state index in [1.165, 1.54) is 5.56 Å². The molecular formula is C32H41N5O3. The molecule has 212 valence electrons. The molecular weight excluding hydrogens is 502 g/mol. The lowest BCUT2D eigenvalue weighted by Crippen LogP contribution is -2.65. The summed E-state index contributed by atoms with van der Waals surface area (Å²) >= 11 is 0. The van der Waals surface area contributed by atoms with Gasteiger partial charge in [-0.2, -0.15) is 5.26 Å². The van der Waals surface area contributed by atoms with Gasteiger partial charge < -0.3 is 20.5 Å². The van der Waals surface area contributed by atoms with Gasteiger partial charge in [0.05, 0.1) is 49.6 Å². The number of rotatable bonds is 8. The van der Waals surface area contributed by atoms with Crippen molar-refractivity contribution in [2.24, 2.45) is 5.73 Å². The van der Waals surface area contributed by atoms with Crippen molar-refractivity contribution in [2.45, 2.75) is 61.7 Å². The van der Waals surface area contributed by atoms with Crippen LogP contribution in [-0.4, -0.2) is 85.9 Å². The Hall–Kier alpha value is -2.80. The van der Waals surface area contributed by atoms with Gasteiger partial charge in [0.25, 0.3) is 0 Å². The zero-order valence-electron chi connectivity index (χ0n) is 23.3. The maximum atomic E-state index is 12.8. The Morgan fingerprint density at radius 2 is 1.57 bits per heavy atom. The molecule has 0 radical (unpaired) electrons. The first-order valence-corrected chi connectivity index (χ1v) is 14.8. The topological polar surface area (TPSA) is 104 Å². The quantitative estimate of drug-likeness (QED) is 0.528. The summed E-state index contributed by atoms with van der Waals surface area (Å²) in [5, 5.41) is 12.6. The largest absolute Gasteiger partial charge is 0.378 e. The first-order chi connectivity index (χ1) is 19.5. The molecule has 40 heavy (non-hydrogen) atoms. The van der Waals surface area contributed by atoms with Crippen LogP contribution in [0.4, 0.5) is 0 Å². The second-order valence-electron chi connectivity index (χ2n) is 12.1. The minimum absolute atomic E-state index is 0.0267. The smallest absolute Gasteiger partial charge is 0.241 e. The molecule has 4 fully saturated rings. The Kier molecular flexibility index (Phi) is 7.93. The number of carbonyl (C=O) groups excluding carboxylic acids is 1. The average Bonchev–Trinajstić information content (AvgIpc) is 2.93. The molecule has 3 aliphatic heterocycles. The summed E-state index contributed by atoms with van der Waals surface area (Å²) in [6.07, 6.45) is 4.88. The lowest BCUT2D eigenvalue weighted by molar-refractivity contribution is -0.164. The molecule has 0 aromatic heterocycles. The van der Waals surface area contributed by atoms with E-state index in [0.717, 1.165) is 88.6 Å². The standard InChI is InChI=1S/C32H41N5O3/c33-19-28(35-30(38)31(34)12-2-1-3-13-31)18-24-4-6-25(7-5-24)26-8-10-27(11-9-26)32(22-40-23-32)37-16-14-36(15-17-37)29-20-39-21-29/h4-11,28-29H,1-3,12-18,20-23,34H2,(H,35,38)/t28-/m1/s1. The van der Waals surface area contributed by atoms with Crippen LogP contribution in [0.25, 0.3) is 11.1 Å². The number of nitriles is 1. The van der Waals surface area contributed by atoms with Gasteiger partial charge in [0.2, 0.25) is 5.91 Å². The van der Waals surface area contributed by atoms with Crippen molar-refractivity contribution in [1.82, 2.24) is 15.1 Å². The molecule has 8 heteroatoms. The second-order valence-corrected chi connectivity index (χ2v) is 12.1. The molecule has 1 atom stereocenters. The number of ether oxygens (including phenoxy) is 2. The van der Waals surface area contributed by atoms with Crippen LogP contribution in [0.1, 0.15) is 43.2 Å². The molecule has 3 saturated heterocycles. The van der Waals surface area contributed by atoms with Crippen LogP contribution < -0.4 is 11.1 Å². The van der Waals surface area contributed by atoms with E-state index in [4.69, 9.17) is 15.2 Å². The summed E-state index contributed by atoms with van der Waals surface area (Å²) in [6.45, 7) is 7.53. The van der Waals surface area contributed by atoms with Crippen molar-refractivity contribution in [2.75, 3.05) is 52.6 Å². The van der Waals surface area contributed by atoms with Gasteiger partial charge in [0.15, 0.2) is 0 Å². The normalized spacial score (nSPS) is 23.8. The van der Waals surface area contributed by atoms with Crippen molar-refractivity contribution < 1.29 is 14.3 Å². The van der Waals surface area contributed by atoms with Crippen LogP contribution in [0.5, 0.6) is 0 Å². The van der Waals surface area contributed by atoms with E-state index < -0.39 is 11.6 Å². The van der Waals surface area contributed by atoms with Crippen molar-refractivity contribution >= 4 is 5.91 Å². The fraction of sp³-hybridized carbons (Fsp3) is 0.562. The Labute approximate surface area is 237 Å². The third kappa shape index (κ3) is 5.41. The van der Waals surface area contributed by atoms with Gasteiger partial charge in [-0.1, -0.05) is 67.8 Å². The minimum Gasteiger partial charge on any atom is -0.378 e. The maximum Gasteiger partial charge on any atom is 0.241 e. The Morgan fingerprint density at radius 1 is 0.950 bits per heavy atom. The molecule has 1 amide bonds. The highest BCUT2D eigenvalue weighted by molar-refractivity contribution is 5.86. The van der Waals surface area contributed by atoms with Gasteiger partial charge in [0, 0.05) is 32.6 Å². The number of carbonyl (C=O) groups is 1. The van der Waals surface area contributed by atoms with Crippen LogP contribution in [0.15, 0.2) is 48.5 Å². The molecule has 3 N–H and O–H groups in total. The molecule has 0 unspecified atom stereocenters. The maximum absolute atomic E-state index is 12.8. The predicted molar refractivity (Wildman–Crippen MR) is 153 cm³/mol. The molecule has 3 heterocycles. The summed E-state index contributed by atoms with van der Waals surface area (Å²) in [7, 11) is 0. The number of hydrogen-bond acceptors (Lipinski definition) is 7. The van der Waals surface area contributed by atoms with E-state index in [9.17, 15) is 10.1 Å². The molecule has 1 saturated carbocycles. The molecule has 6 rings (SSSR count). The lowest BCUT2D eigenvalue weighted by atomic mass is 9.81. The van der Waals surface area contributed by atoms with Gasteiger partial charge in [0.1, 0.15) is 6.04 Å². The summed E-state index contributed by atoms with van der Waals surface area (Å²) in [5.41, 5.74) is 10.1. The average molecular weight is 544 g/mol. The van der Waals surface area contributed by atoms with Gasteiger partial charge in [-0.05, 0) is 35.1 Å². The van der Waals surface area contributed by atoms with E-state index in [2.05, 4.69) is 57.6 Å². The molecule has 2 aromatic carbocycles. The van der Waals surface area contributed by atoms with Crippen LogP contribution in [0, 0.1) is 11.3 Å². The minimum atomic E-state index is -0.840. The molecule has 4 aliphatic rings. The number of nitrogens with one attached hydrogen (secondary N) is 1. The predicted octanol–water partition coefficient (Wildman–Crippen LogP) is 2.81. The van der Waals surface area contributed by atoms with E-state index in [1.54, 1.807) is 0 Å².